The van der Waals surface area contributed by atoms with E-state index in [1.807, 2.05) is 0 Å². The Kier molecular flexibility index (Phi) is 3.51. The smallest absolute Gasteiger partial charge is 0.329 e. The summed E-state index contributed by atoms with van der Waals surface area (Å²) < 4.78 is 0. The van der Waals surface area contributed by atoms with E-state index in [1.54, 1.807) is 4.90 Å². The molecule has 3 fully saturated rings. The van der Waals surface area contributed by atoms with E-state index < -0.39 is 11.5 Å². The van der Waals surface area contributed by atoms with Gasteiger partial charge in [0.15, 0.2) is 0 Å². The van der Waals surface area contributed by atoms with Crippen molar-refractivity contribution in [2.45, 2.75) is 50.1 Å². The largest absolute Gasteiger partial charge is 0.480 e. The van der Waals surface area contributed by atoms with Gasteiger partial charge in [0.1, 0.15) is 5.54 Å². The summed E-state index contributed by atoms with van der Waals surface area (Å²) >= 11 is 0. The third-order valence-electron chi connectivity index (χ3n) is 5.07. The van der Waals surface area contributed by atoms with Crippen LogP contribution >= 0.6 is 0 Å². The molecule has 1 saturated carbocycles. The highest BCUT2D eigenvalue weighted by molar-refractivity contribution is 5.88. The molecule has 0 aromatic heterocycles. The van der Waals surface area contributed by atoms with Crippen LogP contribution in [0, 0.1) is 5.92 Å². The molecule has 2 heterocycles. The second kappa shape index (κ2) is 5.20. The Morgan fingerprint density at radius 1 is 1.29 bits per heavy atom. The minimum absolute atomic E-state index is 0.00585. The molecule has 0 radical (unpaired) electrons. The number of hydrogen-bond acceptors (Lipinski definition) is 3. The predicted octanol–water partition coefficient (Wildman–Crippen LogP) is 0.304. The molecule has 21 heavy (non-hydrogen) atoms. The van der Waals surface area contributed by atoms with Crippen LogP contribution in [0.25, 0.3) is 0 Å². The molecule has 2 unspecified atom stereocenters. The Hall–Kier alpha value is -1.79. The highest BCUT2D eigenvalue weighted by Crippen LogP contribution is 2.32. The standard InChI is InChI=1S/C14H21N3O4/c18-11-9-4-3-7-17(10(9)8-15-11)13(21)16-14(12(19)20)5-1-2-6-14/h9-10H,1-8H2,(H,15,18)(H,16,21)(H,19,20). The zero-order valence-electron chi connectivity index (χ0n) is 11.9. The molecule has 0 aromatic rings. The molecular weight excluding hydrogens is 274 g/mol. The summed E-state index contributed by atoms with van der Waals surface area (Å²) in [6.45, 7) is 1.05. The highest BCUT2D eigenvalue weighted by atomic mass is 16.4. The van der Waals surface area contributed by atoms with E-state index in [4.69, 9.17) is 0 Å². The third-order valence-corrected chi connectivity index (χ3v) is 5.07. The summed E-state index contributed by atoms with van der Waals surface area (Å²) in [5.74, 6) is -1.09. The third kappa shape index (κ3) is 2.34. The molecule has 2 saturated heterocycles. The number of rotatable bonds is 2. The van der Waals surface area contributed by atoms with Gasteiger partial charge in [-0.05, 0) is 25.7 Å². The lowest BCUT2D eigenvalue weighted by molar-refractivity contribution is -0.144. The van der Waals surface area contributed by atoms with Crippen molar-refractivity contribution in [3.05, 3.63) is 0 Å². The molecule has 3 aliphatic rings. The molecule has 2 aliphatic heterocycles. The number of amides is 3. The molecule has 0 bridgehead atoms. The molecule has 0 spiro atoms. The first-order valence-electron chi connectivity index (χ1n) is 7.63. The van der Waals surface area contributed by atoms with E-state index in [9.17, 15) is 19.5 Å². The molecule has 3 amide bonds. The molecule has 116 valence electrons. The number of urea groups is 1. The van der Waals surface area contributed by atoms with Gasteiger partial charge in [-0.15, -0.1) is 0 Å². The van der Waals surface area contributed by atoms with Crippen LogP contribution in [-0.4, -0.2) is 52.6 Å². The first kappa shape index (κ1) is 14.2. The number of nitrogens with one attached hydrogen (secondary N) is 2. The molecule has 7 nitrogen and oxygen atoms in total. The van der Waals surface area contributed by atoms with E-state index in [1.165, 1.54) is 0 Å². The number of fused-ring (bicyclic) bond motifs is 1. The summed E-state index contributed by atoms with van der Waals surface area (Å²) in [6, 6.07) is -0.482. The molecule has 7 heteroatoms. The Morgan fingerprint density at radius 3 is 2.67 bits per heavy atom. The Morgan fingerprint density at radius 2 is 2.00 bits per heavy atom. The van der Waals surface area contributed by atoms with Gasteiger partial charge in [-0.2, -0.15) is 0 Å². The van der Waals surface area contributed by atoms with Crippen LogP contribution in [0.15, 0.2) is 0 Å². The van der Waals surface area contributed by atoms with Crippen molar-refractivity contribution in [1.29, 1.82) is 0 Å². The van der Waals surface area contributed by atoms with Crippen LogP contribution in [-0.2, 0) is 9.59 Å². The summed E-state index contributed by atoms with van der Waals surface area (Å²) in [4.78, 5) is 37.4. The number of piperidine rings is 1. The molecule has 2 atom stereocenters. The topological polar surface area (TPSA) is 98.7 Å². The van der Waals surface area contributed by atoms with Crippen LogP contribution in [0.3, 0.4) is 0 Å². The lowest BCUT2D eigenvalue weighted by Crippen LogP contribution is -2.60. The van der Waals surface area contributed by atoms with E-state index in [-0.39, 0.29) is 23.9 Å². The van der Waals surface area contributed by atoms with Crippen LogP contribution in [0.1, 0.15) is 38.5 Å². The average molecular weight is 295 g/mol. The Bertz CT molecular complexity index is 473. The Balaban J connectivity index is 1.73. The second-order valence-corrected chi connectivity index (χ2v) is 6.28. The molecule has 3 rings (SSSR count). The fraction of sp³-hybridized carbons (Fsp3) is 0.786. The van der Waals surface area contributed by atoms with Crippen molar-refractivity contribution in [3.63, 3.8) is 0 Å². The normalized spacial score (nSPS) is 30.7. The van der Waals surface area contributed by atoms with Gasteiger partial charge >= 0.3 is 12.0 Å². The zero-order chi connectivity index (χ0) is 15.0. The lowest BCUT2D eigenvalue weighted by Gasteiger charge is -2.38. The van der Waals surface area contributed by atoms with E-state index in [2.05, 4.69) is 10.6 Å². The van der Waals surface area contributed by atoms with Crippen LogP contribution < -0.4 is 10.6 Å². The summed E-state index contributed by atoms with van der Waals surface area (Å²) in [5.41, 5.74) is -1.12. The van der Waals surface area contributed by atoms with Gasteiger partial charge in [0.05, 0.1) is 12.0 Å². The van der Waals surface area contributed by atoms with Crippen molar-refractivity contribution >= 4 is 17.9 Å². The minimum Gasteiger partial charge on any atom is -0.480 e. The number of carboxylic acids is 1. The Labute approximate surface area is 123 Å². The summed E-state index contributed by atoms with van der Waals surface area (Å²) in [7, 11) is 0. The first-order valence-corrected chi connectivity index (χ1v) is 7.63. The van der Waals surface area contributed by atoms with Crippen molar-refractivity contribution in [3.8, 4) is 0 Å². The van der Waals surface area contributed by atoms with E-state index >= 15 is 0 Å². The number of likely N-dealkylation sites (tertiary alicyclic amines) is 1. The number of hydrogen-bond donors (Lipinski definition) is 3. The monoisotopic (exact) mass is 295 g/mol. The van der Waals surface area contributed by atoms with Crippen LogP contribution in [0.2, 0.25) is 0 Å². The van der Waals surface area contributed by atoms with Crippen molar-refractivity contribution in [2.24, 2.45) is 5.92 Å². The van der Waals surface area contributed by atoms with Crippen LogP contribution in [0.5, 0.6) is 0 Å². The van der Waals surface area contributed by atoms with Gasteiger partial charge in [0.2, 0.25) is 5.91 Å². The molecule has 0 aromatic carbocycles. The van der Waals surface area contributed by atoms with E-state index in [0.29, 0.717) is 25.9 Å². The number of nitrogens with zero attached hydrogens (tertiary/aromatic N) is 1. The summed E-state index contributed by atoms with van der Waals surface area (Å²) in [6.07, 6.45) is 4.17. The number of carboxylic acid groups (broad SMARTS) is 1. The minimum atomic E-state index is -1.12. The number of carbonyl (C=O) groups is 3. The predicted molar refractivity (Wildman–Crippen MR) is 73.6 cm³/mol. The zero-order valence-corrected chi connectivity index (χ0v) is 11.9. The molecular formula is C14H21N3O4. The van der Waals surface area contributed by atoms with Gasteiger partial charge < -0.3 is 20.6 Å². The molecule has 3 N–H and O–H groups in total. The first-order chi connectivity index (χ1) is 10.0. The van der Waals surface area contributed by atoms with Crippen molar-refractivity contribution in [2.75, 3.05) is 13.1 Å². The van der Waals surface area contributed by atoms with Crippen molar-refractivity contribution < 1.29 is 19.5 Å². The summed E-state index contributed by atoms with van der Waals surface area (Å²) in [5, 5.41) is 15.0. The van der Waals surface area contributed by atoms with E-state index in [0.717, 1.165) is 25.7 Å². The van der Waals surface area contributed by atoms with Gasteiger partial charge in [-0.3, -0.25) is 4.79 Å². The highest BCUT2D eigenvalue weighted by Gasteiger charge is 2.47. The maximum atomic E-state index is 12.5. The van der Waals surface area contributed by atoms with Gasteiger partial charge in [-0.1, -0.05) is 12.8 Å². The average Bonchev–Trinajstić information content (AvgIpc) is 3.07. The lowest BCUT2D eigenvalue weighted by atomic mass is 9.91. The van der Waals surface area contributed by atoms with Gasteiger partial charge in [0.25, 0.3) is 0 Å². The van der Waals surface area contributed by atoms with Gasteiger partial charge in [0, 0.05) is 13.1 Å². The quantitative estimate of drug-likeness (QED) is 0.682. The number of carbonyl (C=O) groups excluding carboxylic acids is 2. The van der Waals surface area contributed by atoms with Crippen molar-refractivity contribution in [1.82, 2.24) is 15.5 Å². The SMILES string of the molecule is O=C1NCC2C1CCCN2C(=O)NC1(C(=O)O)CCCC1. The number of aliphatic carboxylic acids is 1. The fourth-order valence-electron chi connectivity index (χ4n) is 3.85. The molecule has 1 aliphatic carbocycles. The van der Waals surface area contributed by atoms with Gasteiger partial charge in [-0.25, -0.2) is 9.59 Å². The van der Waals surface area contributed by atoms with Crippen LogP contribution in [0.4, 0.5) is 4.79 Å². The fourth-order valence-corrected chi connectivity index (χ4v) is 3.85. The maximum absolute atomic E-state index is 12.5. The second-order valence-electron chi connectivity index (χ2n) is 6.28. The maximum Gasteiger partial charge on any atom is 0.329 e.